The Balaban J connectivity index is 1.80. The summed E-state index contributed by atoms with van der Waals surface area (Å²) in [6, 6.07) is 8.98. The van der Waals surface area contributed by atoms with Crippen molar-refractivity contribution in [3.63, 3.8) is 0 Å². The highest BCUT2D eigenvalue weighted by atomic mass is 16.5. The van der Waals surface area contributed by atoms with Gasteiger partial charge in [0.1, 0.15) is 5.75 Å². The van der Waals surface area contributed by atoms with E-state index in [1.165, 1.54) is 11.1 Å². The summed E-state index contributed by atoms with van der Waals surface area (Å²) in [5.41, 5.74) is 3.79. The molecule has 0 saturated heterocycles. The first-order chi connectivity index (χ1) is 10.3. The third-order valence-electron chi connectivity index (χ3n) is 3.94. The molecule has 1 aliphatic heterocycles. The molecule has 0 aliphatic carbocycles. The van der Waals surface area contributed by atoms with Gasteiger partial charge in [0.25, 0.3) is 0 Å². The SMILES string of the molecule is CCCNC(Cc1ccn(C)n1)c1ccc2c(c1)CCO2. The predicted molar refractivity (Wildman–Crippen MR) is 83.6 cm³/mol. The lowest BCUT2D eigenvalue weighted by Gasteiger charge is -2.19. The van der Waals surface area contributed by atoms with E-state index in [-0.39, 0.29) is 0 Å². The number of ether oxygens (including phenoxy) is 1. The van der Waals surface area contributed by atoms with Gasteiger partial charge >= 0.3 is 0 Å². The van der Waals surface area contributed by atoms with E-state index in [1.807, 2.05) is 17.9 Å². The molecule has 0 bridgehead atoms. The van der Waals surface area contributed by atoms with Crippen LogP contribution in [-0.4, -0.2) is 22.9 Å². The van der Waals surface area contributed by atoms with Crippen LogP contribution in [0.3, 0.4) is 0 Å². The van der Waals surface area contributed by atoms with E-state index in [2.05, 4.69) is 41.6 Å². The molecular weight excluding hydrogens is 262 g/mol. The number of rotatable bonds is 6. The van der Waals surface area contributed by atoms with Gasteiger partial charge in [-0.25, -0.2) is 0 Å². The van der Waals surface area contributed by atoms with E-state index < -0.39 is 0 Å². The van der Waals surface area contributed by atoms with Crippen molar-refractivity contribution >= 4 is 0 Å². The van der Waals surface area contributed by atoms with Crippen LogP contribution in [0.15, 0.2) is 30.5 Å². The molecule has 2 heterocycles. The normalized spacial score (nSPS) is 14.8. The molecule has 1 aromatic heterocycles. The van der Waals surface area contributed by atoms with Gasteiger partial charge in [-0.2, -0.15) is 5.10 Å². The lowest BCUT2D eigenvalue weighted by molar-refractivity contribution is 0.356. The molecule has 4 nitrogen and oxygen atoms in total. The third kappa shape index (κ3) is 3.27. The predicted octanol–water partition coefficient (Wildman–Crippen LogP) is 2.64. The number of hydrogen-bond donors (Lipinski definition) is 1. The van der Waals surface area contributed by atoms with Gasteiger partial charge in [-0.3, -0.25) is 4.68 Å². The minimum atomic E-state index is 0.311. The van der Waals surface area contributed by atoms with Crippen LogP contribution < -0.4 is 10.1 Å². The maximum absolute atomic E-state index is 5.60. The highest BCUT2D eigenvalue weighted by Gasteiger charge is 2.17. The Kier molecular flexibility index (Phi) is 4.25. The van der Waals surface area contributed by atoms with Crippen molar-refractivity contribution in [3.05, 3.63) is 47.3 Å². The Morgan fingerprint density at radius 3 is 3.05 bits per heavy atom. The number of nitrogens with zero attached hydrogens (tertiary/aromatic N) is 2. The van der Waals surface area contributed by atoms with E-state index in [9.17, 15) is 0 Å². The minimum absolute atomic E-state index is 0.311. The molecular formula is C17H23N3O. The number of fused-ring (bicyclic) bond motifs is 1. The van der Waals surface area contributed by atoms with Crippen molar-refractivity contribution in [1.29, 1.82) is 0 Å². The zero-order valence-corrected chi connectivity index (χ0v) is 12.8. The van der Waals surface area contributed by atoms with Gasteiger partial charge in [-0.15, -0.1) is 0 Å². The van der Waals surface area contributed by atoms with Crippen molar-refractivity contribution in [3.8, 4) is 5.75 Å². The molecule has 1 unspecified atom stereocenters. The summed E-state index contributed by atoms with van der Waals surface area (Å²) in [6.45, 7) is 4.03. The molecule has 21 heavy (non-hydrogen) atoms. The van der Waals surface area contributed by atoms with E-state index in [4.69, 9.17) is 4.74 Å². The molecule has 0 fully saturated rings. The summed E-state index contributed by atoms with van der Waals surface area (Å²) in [4.78, 5) is 0. The van der Waals surface area contributed by atoms with Crippen LogP contribution in [0.2, 0.25) is 0 Å². The number of hydrogen-bond acceptors (Lipinski definition) is 3. The van der Waals surface area contributed by atoms with E-state index in [0.717, 1.165) is 43.9 Å². The van der Waals surface area contributed by atoms with E-state index >= 15 is 0 Å². The standard InChI is InChI=1S/C17H23N3O/c1-3-8-18-16(12-15-6-9-20(2)19-15)13-4-5-17-14(11-13)7-10-21-17/h4-6,9,11,16,18H,3,7-8,10,12H2,1-2H3. The number of aryl methyl sites for hydroxylation is 1. The highest BCUT2D eigenvalue weighted by molar-refractivity contribution is 5.41. The summed E-state index contributed by atoms with van der Waals surface area (Å²) >= 11 is 0. The first-order valence-corrected chi connectivity index (χ1v) is 7.74. The van der Waals surface area contributed by atoms with Gasteiger partial charge in [-0.05, 0) is 36.2 Å². The summed E-state index contributed by atoms with van der Waals surface area (Å²) in [6.07, 6.45) is 5.07. The van der Waals surface area contributed by atoms with E-state index in [1.54, 1.807) is 0 Å². The minimum Gasteiger partial charge on any atom is -0.493 e. The van der Waals surface area contributed by atoms with Crippen molar-refractivity contribution in [2.24, 2.45) is 7.05 Å². The summed E-state index contributed by atoms with van der Waals surface area (Å²) < 4.78 is 7.46. The van der Waals surface area contributed by atoms with Crippen LogP contribution in [0.4, 0.5) is 0 Å². The Bertz CT molecular complexity index is 606. The fraction of sp³-hybridized carbons (Fsp3) is 0.471. The molecule has 1 aromatic carbocycles. The number of aromatic nitrogens is 2. The Labute approximate surface area is 126 Å². The Morgan fingerprint density at radius 2 is 2.29 bits per heavy atom. The van der Waals surface area contributed by atoms with Crippen LogP contribution in [-0.2, 0) is 19.9 Å². The summed E-state index contributed by atoms with van der Waals surface area (Å²) in [5, 5.41) is 8.15. The molecule has 0 spiro atoms. The smallest absolute Gasteiger partial charge is 0.122 e. The second kappa shape index (κ2) is 6.31. The van der Waals surface area contributed by atoms with Gasteiger partial charge in [0.15, 0.2) is 0 Å². The second-order valence-electron chi connectivity index (χ2n) is 5.66. The van der Waals surface area contributed by atoms with E-state index in [0.29, 0.717) is 6.04 Å². The second-order valence-corrected chi connectivity index (χ2v) is 5.66. The molecule has 0 saturated carbocycles. The van der Waals surface area contributed by atoms with Crippen molar-refractivity contribution in [1.82, 2.24) is 15.1 Å². The molecule has 4 heteroatoms. The molecule has 3 rings (SSSR count). The highest BCUT2D eigenvalue weighted by Crippen LogP contribution is 2.29. The van der Waals surface area contributed by atoms with Gasteiger partial charge < -0.3 is 10.1 Å². The van der Waals surface area contributed by atoms with Crippen molar-refractivity contribution in [2.75, 3.05) is 13.2 Å². The number of benzene rings is 1. The van der Waals surface area contributed by atoms with Crippen LogP contribution in [0, 0.1) is 0 Å². The zero-order valence-electron chi connectivity index (χ0n) is 12.8. The first-order valence-electron chi connectivity index (χ1n) is 7.74. The maximum Gasteiger partial charge on any atom is 0.122 e. The van der Waals surface area contributed by atoms with Gasteiger partial charge in [0.2, 0.25) is 0 Å². The topological polar surface area (TPSA) is 39.1 Å². The van der Waals surface area contributed by atoms with Crippen LogP contribution in [0.5, 0.6) is 5.75 Å². The Morgan fingerprint density at radius 1 is 1.38 bits per heavy atom. The van der Waals surface area contributed by atoms with Crippen LogP contribution in [0.1, 0.15) is 36.2 Å². The first kappa shape index (κ1) is 14.1. The Hall–Kier alpha value is -1.81. The maximum atomic E-state index is 5.60. The van der Waals surface area contributed by atoms with Gasteiger partial charge in [0, 0.05) is 32.1 Å². The van der Waals surface area contributed by atoms with Gasteiger partial charge in [0.05, 0.1) is 12.3 Å². The number of nitrogens with one attached hydrogen (secondary N) is 1. The molecule has 1 aliphatic rings. The van der Waals surface area contributed by atoms with Crippen molar-refractivity contribution < 1.29 is 4.74 Å². The third-order valence-corrected chi connectivity index (χ3v) is 3.94. The molecule has 1 N–H and O–H groups in total. The molecule has 0 radical (unpaired) electrons. The summed E-state index contributed by atoms with van der Waals surface area (Å²) in [5.74, 6) is 1.05. The molecule has 112 valence electrons. The quantitative estimate of drug-likeness (QED) is 0.887. The average molecular weight is 285 g/mol. The fourth-order valence-electron chi connectivity index (χ4n) is 2.83. The van der Waals surface area contributed by atoms with Crippen LogP contribution >= 0.6 is 0 Å². The monoisotopic (exact) mass is 285 g/mol. The van der Waals surface area contributed by atoms with Gasteiger partial charge in [-0.1, -0.05) is 19.1 Å². The molecule has 0 amide bonds. The van der Waals surface area contributed by atoms with Crippen LogP contribution in [0.25, 0.3) is 0 Å². The average Bonchev–Trinajstić information content (AvgIpc) is 3.11. The van der Waals surface area contributed by atoms with Crippen molar-refractivity contribution in [2.45, 2.75) is 32.2 Å². The largest absolute Gasteiger partial charge is 0.493 e. The lowest BCUT2D eigenvalue weighted by atomic mass is 9.99. The molecule has 1 atom stereocenters. The lowest BCUT2D eigenvalue weighted by Crippen LogP contribution is -2.24. The zero-order chi connectivity index (χ0) is 14.7. The fourth-order valence-corrected chi connectivity index (χ4v) is 2.83. The summed E-state index contributed by atoms with van der Waals surface area (Å²) in [7, 11) is 1.96. The molecule has 2 aromatic rings.